The lowest BCUT2D eigenvalue weighted by Gasteiger charge is -2.06. The van der Waals surface area contributed by atoms with Crippen molar-refractivity contribution in [3.05, 3.63) is 40.4 Å². The van der Waals surface area contributed by atoms with Crippen LogP contribution in [0.1, 0.15) is 71.1 Å². The maximum Gasteiger partial charge on any atom is 0.328 e. The van der Waals surface area contributed by atoms with E-state index in [1.54, 1.807) is 18.2 Å². The predicted octanol–water partition coefficient (Wildman–Crippen LogP) is 7.30. The monoisotopic (exact) mass is 519 g/mol. The van der Waals surface area contributed by atoms with E-state index in [-0.39, 0.29) is 21.5 Å². The lowest BCUT2D eigenvalue weighted by atomic mass is 10.1. The molecule has 0 spiro atoms. The minimum absolute atomic E-state index is 0.255. The van der Waals surface area contributed by atoms with E-state index in [1.807, 2.05) is 0 Å². The average molecular weight is 521 g/mol. The number of amides is 1. The molecule has 0 bridgehead atoms. The third-order valence-electron chi connectivity index (χ3n) is 4.46. The number of carboxylic acid groups (broad SMARTS) is 2. The molecule has 0 atom stereocenters. The van der Waals surface area contributed by atoms with Gasteiger partial charge in [-0.1, -0.05) is 94.0 Å². The van der Waals surface area contributed by atoms with Crippen LogP contribution in [0.25, 0.3) is 0 Å². The highest BCUT2D eigenvalue weighted by Crippen LogP contribution is 2.29. The van der Waals surface area contributed by atoms with Crippen molar-refractivity contribution in [1.29, 1.82) is 0 Å². The molecular weight excluding hydrogens is 485 g/mol. The fourth-order valence-corrected chi connectivity index (χ4v) is 4.00. The van der Waals surface area contributed by atoms with Crippen LogP contribution in [-0.4, -0.2) is 39.6 Å². The summed E-state index contributed by atoms with van der Waals surface area (Å²) in [6, 6.07) is 4.75. The van der Waals surface area contributed by atoms with Gasteiger partial charge in [0.15, 0.2) is 0 Å². The first-order valence-corrected chi connectivity index (χ1v) is 13.1. The summed E-state index contributed by atoms with van der Waals surface area (Å²) in [4.78, 5) is 31.7. The molecule has 0 aliphatic carbocycles. The summed E-state index contributed by atoms with van der Waals surface area (Å²) in [6.45, 7) is 2.25. The quantitative estimate of drug-likeness (QED) is 0.156. The molecule has 9 heteroatoms. The molecule has 0 saturated carbocycles. The first-order valence-electron chi connectivity index (χ1n) is 11.2. The van der Waals surface area contributed by atoms with Crippen LogP contribution < -0.4 is 5.32 Å². The van der Waals surface area contributed by atoms with Gasteiger partial charge in [-0.05, 0) is 24.3 Å². The van der Waals surface area contributed by atoms with Gasteiger partial charge in [0.1, 0.15) is 0 Å². The molecule has 0 saturated heterocycles. The molecule has 1 aromatic rings. The first-order chi connectivity index (χ1) is 15.8. The zero-order valence-corrected chi connectivity index (χ0v) is 21.5. The van der Waals surface area contributed by atoms with Crippen molar-refractivity contribution in [1.82, 2.24) is 0 Å². The Morgan fingerprint density at radius 1 is 0.879 bits per heavy atom. The van der Waals surface area contributed by atoms with Gasteiger partial charge in [0.05, 0.1) is 21.5 Å². The van der Waals surface area contributed by atoms with Crippen LogP contribution in [0.3, 0.4) is 0 Å². The molecule has 3 N–H and O–H groups in total. The number of hydrogen-bond donors (Lipinski definition) is 3. The maximum atomic E-state index is 11.2. The molecule has 0 aliphatic heterocycles. The van der Waals surface area contributed by atoms with Gasteiger partial charge >= 0.3 is 11.9 Å². The number of anilines is 1. The number of aliphatic carboxylic acids is 2. The fraction of sp³-hybridized carbons (Fsp3) is 0.542. The van der Waals surface area contributed by atoms with E-state index in [0.29, 0.717) is 0 Å². The van der Waals surface area contributed by atoms with Crippen molar-refractivity contribution in [2.24, 2.45) is 0 Å². The Bertz CT molecular complexity index is 723. The van der Waals surface area contributed by atoms with Gasteiger partial charge in [-0.2, -0.15) is 11.8 Å². The van der Waals surface area contributed by atoms with Crippen molar-refractivity contribution in [2.45, 2.75) is 71.1 Å². The third kappa shape index (κ3) is 19.5. The molecule has 33 heavy (non-hydrogen) atoms. The number of carbonyl (C=O) groups excluding carboxylic acids is 1. The van der Waals surface area contributed by atoms with Crippen LogP contribution in [-0.2, 0) is 14.4 Å². The number of unbranched alkanes of at least 4 members (excludes halogenated alkanes) is 9. The molecule has 1 rings (SSSR count). The number of thioether (sulfide) groups is 1. The molecule has 1 amide bonds. The number of carboxylic acids is 2. The van der Waals surface area contributed by atoms with E-state index in [2.05, 4.69) is 12.2 Å². The molecule has 0 unspecified atom stereocenters. The zero-order valence-electron chi connectivity index (χ0n) is 19.2. The average Bonchev–Trinajstić information content (AvgIpc) is 2.76. The second-order valence-electron chi connectivity index (χ2n) is 7.39. The molecule has 0 heterocycles. The summed E-state index contributed by atoms with van der Waals surface area (Å²) in [5, 5.41) is 19.7. The van der Waals surface area contributed by atoms with E-state index in [1.165, 1.54) is 76.0 Å². The molecule has 0 fully saturated rings. The van der Waals surface area contributed by atoms with Crippen molar-refractivity contribution >= 4 is 58.5 Å². The Labute approximate surface area is 211 Å². The van der Waals surface area contributed by atoms with Crippen LogP contribution in [0.15, 0.2) is 30.4 Å². The van der Waals surface area contributed by atoms with Gasteiger partial charge in [-0.25, -0.2) is 4.79 Å². The van der Waals surface area contributed by atoms with Crippen molar-refractivity contribution in [3.63, 3.8) is 0 Å². The molecule has 0 radical (unpaired) electrons. The molecule has 0 aliphatic rings. The lowest BCUT2D eigenvalue weighted by molar-refractivity contribution is -0.134. The van der Waals surface area contributed by atoms with Crippen LogP contribution in [0, 0.1) is 0 Å². The summed E-state index contributed by atoms with van der Waals surface area (Å²) in [5.74, 6) is -1.25. The van der Waals surface area contributed by atoms with E-state index < -0.39 is 17.8 Å². The maximum absolute atomic E-state index is 11.2. The van der Waals surface area contributed by atoms with Crippen LogP contribution in [0.2, 0.25) is 10.0 Å². The minimum Gasteiger partial charge on any atom is -0.481 e. The van der Waals surface area contributed by atoms with E-state index in [9.17, 15) is 14.4 Å². The first kappa shape index (κ1) is 31.3. The highest BCUT2D eigenvalue weighted by atomic mass is 35.5. The SMILES string of the molecule is CCCCCCCCCCCCSCC(=O)O.O=C(O)/C=C\C(=O)Nc1c(Cl)cccc1Cl. The van der Waals surface area contributed by atoms with Crippen molar-refractivity contribution in [2.75, 3.05) is 16.8 Å². The lowest BCUT2D eigenvalue weighted by Crippen LogP contribution is -2.09. The standard InChI is InChI=1S/C14H28O2S.C10H7Cl2NO3/c1-2-3-4-5-6-7-8-9-10-11-12-17-13-14(15)16;11-6-2-1-3-7(12)10(6)13-8(14)4-5-9(15)16/h2-13H2,1H3,(H,15,16);1-5H,(H,13,14)(H,15,16)/b;5-4-. The van der Waals surface area contributed by atoms with Gasteiger partial charge in [0.25, 0.3) is 0 Å². The molecule has 186 valence electrons. The zero-order chi connectivity index (χ0) is 24.9. The second kappa shape index (κ2) is 20.9. The normalized spacial score (nSPS) is 10.5. The van der Waals surface area contributed by atoms with E-state index in [4.69, 9.17) is 33.4 Å². The Balaban J connectivity index is 0.000000621. The number of carbonyl (C=O) groups is 3. The van der Waals surface area contributed by atoms with E-state index in [0.717, 1.165) is 17.9 Å². The number of halogens is 2. The third-order valence-corrected chi connectivity index (χ3v) is 6.11. The molecule has 1 aromatic carbocycles. The number of nitrogens with one attached hydrogen (secondary N) is 1. The topological polar surface area (TPSA) is 104 Å². The number of benzene rings is 1. The summed E-state index contributed by atoms with van der Waals surface area (Å²) in [7, 11) is 0. The minimum atomic E-state index is -1.21. The Hall–Kier alpha value is -1.70. The number of hydrogen-bond acceptors (Lipinski definition) is 4. The Kier molecular flexibility index (Phi) is 19.8. The van der Waals surface area contributed by atoms with Gasteiger partial charge in [0, 0.05) is 12.2 Å². The number of rotatable bonds is 16. The van der Waals surface area contributed by atoms with Crippen LogP contribution in [0.5, 0.6) is 0 Å². The predicted molar refractivity (Wildman–Crippen MR) is 139 cm³/mol. The van der Waals surface area contributed by atoms with Gasteiger partial charge < -0.3 is 15.5 Å². The highest BCUT2D eigenvalue weighted by molar-refractivity contribution is 7.99. The second-order valence-corrected chi connectivity index (χ2v) is 9.31. The van der Waals surface area contributed by atoms with Crippen molar-refractivity contribution < 1.29 is 24.6 Å². The van der Waals surface area contributed by atoms with Gasteiger partial charge in [-0.15, -0.1) is 0 Å². The smallest absolute Gasteiger partial charge is 0.328 e. The Morgan fingerprint density at radius 3 is 1.88 bits per heavy atom. The van der Waals surface area contributed by atoms with Gasteiger partial charge in [-0.3, -0.25) is 9.59 Å². The molecule has 6 nitrogen and oxygen atoms in total. The van der Waals surface area contributed by atoms with Crippen LogP contribution in [0.4, 0.5) is 5.69 Å². The Morgan fingerprint density at radius 2 is 1.39 bits per heavy atom. The highest BCUT2D eigenvalue weighted by Gasteiger charge is 2.07. The van der Waals surface area contributed by atoms with Crippen molar-refractivity contribution in [3.8, 4) is 0 Å². The molecular formula is C24H35Cl2NO5S. The summed E-state index contributed by atoms with van der Waals surface area (Å²) < 4.78 is 0. The summed E-state index contributed by atoms with van der Waals surface area (Å²) in [6.07, 6.45) is 15.0. The summed E-state index contributed by atoms with van der Waals surface area (Å²) >= 11 is 13.1. The van der Waals surface area contributed by atoms with Gasteiger partial charge in [0.2, 0.25) is 5.91 Å². The van der Waals surface area contributed by atoms with E-state index >= 15 is 0 Å². The summed E-state index contributed by atoms with van der Waals surface area (Å²) in [5.41, 5.74) is 0.255. The largest absolute Gasteiger partial charge is 0.481 e. The fourth-order valence-electron chi connectivity index (χ4n) is 2.78. The number of para-hydroxylation sites is 1. The van der Waals surface area contributed by atoms with Crippen LogP contribution >= 0.6 is 35.0 Å². The molecule has 0 aromatic heterocycles.